The van der Waals surface area contributed by atoms with Gasteiger partial charge >= 0.3 is 12.1 Å². The van der Waals surface area contributed by atoms with Gasteiger partial charge < -0.3 is 15.0 Å². The lowest BCUT2D eigenvalue weighted by Gasteiger charge is -2.19. The van der Waals surface area contributed by atoms with E-state index in [0.717, 1.165) is 55.5 Å². The van der Waals surface area contributed by atoms with Crippen molar-refractivity contribution < 1.29 is 27.5 Å². The summed E-state index contributed by atoms with van der Waals surface area (Å²) in [6, 6.07) is 12.3. The summed E-state index contributed by atoms with van der Waals surface area (Å²) in [5.74, 6) is -0.395. The van der Waals surface area contributed by atoms with E-state index >= 15 is 0 Å². The average Bonchev–Trinajstić information content (AvgIpc) is 3.56. The fourth-order valence-electron chi connectivity index (χ4n) is 3.84. The first-order valence-electron chi connectivity index (χ1n) is 11.0. The molecule has 1 aliphatic rings. The van der Waals surface area contributed by atoms with Crippen LogP contribution in [-0.2, 0) is 27.8 Å². The summed E-state index contributed by atoms with van der Waals surface area (Å²) in [7, 11) is 3.25. The molecule has 2 aromatic rings. The molecule has 1 N–H and O–H groups in total. The van der Waals surface area contributed by atoms with Crippen LogP contribution in [0, 0.1) is 0 Å². The van der Waals surface area contributed by atoms with E-state index in [2.05, 4.69) is 5.32 Å². The maximum absolute atomic E-state index is 12.7. The van der Waals surface area contributed by atoms with E-state index in [0.29, 0.717) is 18.5 Å². The van der Waals surface area contributed by atoms with Gasteiger partial charge in [0, 0.05) is 13.0 Å². The number of carbonyl (C=O) groups excluding carboxylic acids is 2. The van der Waals surface area contributed by atoms with Crippen LogP contribution in [0.25, 0.3) is 0 Å². The molecule has 0 unspecified atom stereocenters. The number of unbranched alkanes of at least 4 members (excludes halogenated alkanes) is 1. The third kappa shape index (κ3) is 6.81. The smallest absolute Gasteiger partial charge is 0.416 e. The highest BCUT2D eigenvalue weighted by atomic mass is 19.4. The number of ether oxygens (including phenoxy) is 1. The standard InChI is InChI=1S/C25H29F3N2O3/c1-30(17-18-6-10-21(11-7-18)25(26,27)28)16-4-3-5-22(31)29-24(14-15-24)20-12-8-19(9-13-20)23(32)33-2/h6-13H,3-5,14-17H2,1-2H3,(H,29,31). The van der Waals surface area contributed by atoms with Crippen LogP contribution in [0.5, 0.6) is 0 Å². The summed E-state index contributed by atoms with van der Waals surface area (Å²) in [6.07, 6.45) is -0.642. The molecule has 0 spiro atoms. The number of nitrogens with zero attached hydrogens (tertiary/aromatic N) is 1. The topological polar surface area (TPSA) is 58.6 Å². The molecule has 0 atom stereocenters. The van der Waals surface area contributed by atoms with Crippen molar-refractivity contribution in [1.29, 1.82) is 0 Å². The van der Waals surface area contributed by atoms with Gasteiger partial charge in [-0.05, 0) is 74.7 Å². The highest BCUT2D eigenvalue weighted by Crippen LogP contribution is 2.45. The van der Waals surface area contributed by atoms with E-state index in [9.17, 15) is 22.8 Å². The molecule has 0 saturated heterocycles. The monoisotopic (exact) mass is 462 g/mol. The zero-order valence-corrected chi connectivity index (χ0v) is 18.9. The zero-order chi connectivity index (χ0) is 24.1. The first-order chi connectivity index (χ1) is 15.6. The van der Waals surface area contributed by atoms with Crippen LogP contribution < -0.4 is 5.32 Å². The van der Waals surface area contributed by atoms with Crippen molar-refractivity contribution in [3.05, 3.63) is 70.8 Å². The highest BCUT2D eigenvalue weighted by molar-refractivity contribution is 5.89. The number of hydrogen-bond donors (Lipinski definition) is 1. The summed E-state index contributed by atoms with van der Waals surface area (Å²) in [5, 5.41) is 3.13. The van der Waals surface area contributed by atoms with Crippen molar-refractivity contribution in [3.8, 4) is 0 Å². The molecule has 178 valence electrons. The molecule has 1 aliphatic carbocycles. The molecule has 1 amide bonds. The molecule has 2 aromatic carbocycles. The SMILES string of the molecule is COC(=O)c1ccc(C2(NC(=O)CCCCN(C)Cc3ccc(C(F)(F)F)cc3)CC2)cc1. The second kappa shape index (κ2) is 10.4. The lowest BCUT2D eigenvalue weighted by atomic mass is 10.0. The lowest BCUT2D eigenvalue weighted by molar-refractivity contribution is -0.137. The molecule has 1 saturated carbocycles. The third-order valence-electron chi connectivity index (χ3n) is 5.91. The van der Waals surface area contributed by atoms with E-state index in [4.69, 9.17) is 4.74 Å². The van der Waals surface area contributed by atoms with Crippen LogP contribution in [0.2, 0.25) is 0 Å². The molecule has 0 aromatic heterocycles. The van der Waals surface area contributed by atoms with Crippen molar-refractivity contribution in [2.45, 2.75) is 50.4 Å². The van der Waals surface area contributed by atoms with E-state index in [-0.39, 0.29) is 11.4 Å². The molecule has 5 nitrogen and oxygen atoms in total. The molecule has 1 fully saturated rings. The largest absolute Gasteiger partial charge is 0.465 e. The third-order valence-corrected chi connectivity index (χ3v) is 5.91. The fourth-order valence-corrected chi connectivity index (χ4v) is 3.84. The molecule has 8 heteroatoms. The van der Waals surface area contributed by atoms with Crippen LogP contribution in [0.1, 0.15) is 59.2 Å². The number of carbonyl (C=O) groups is 2. The Hall–Kier alpha value is -2.87. The van der Waals surface area contributed by atoms with Gasteiger partial charge in [-0.1, -0.05) is 24.3 Å². The molecule has 33 heavy (non-hydrogen) atoms. The predicted octanol–water partition coefficient (Wildman–Crippen LogP) is 4.90. The Bertz CT molecular complexity index is 952. The maximum atomic E-state index is 12.7. The van der Waals surface area contributed by atoms with Crippen LogP contribution >= 0.6 is 0 Å². The molecular weight excluding hydrogens is 433 g/mol. The van der Waals surface area contributed by atoms with Crippen LogP contribution in [0.4, 0.5) is 13.2 Å². The predicted molar refractivity (Wildman–Crippen MR) is 118 cm³/mol. The Labute approximate surface area is 191 Å². The van der Waals surface area contributed by atoms with E-state index in [1.165, 1.54) is 19.2 Å². The summed E-state index contributed by atoms with van der Waals surface area (Å²) >= 11 is 0. The second-order valence-corrected chi connectivity index (χ2v) is 8.59. The molecule has 0 heterocycles. The first kappa shape index (κ1) is 24.8. The Morgan fingerprint density at radius 1 is 1.03 bits per heavy atom. The molecular formula is C25H29F3N2O3. The zero-order valence-electron chi connectivity index (χ0n) is 18.9. The molecule has 3 rings (SSSR count). The summed E-state index contributed by atoms with van der Waals surface area (Å²) in [6.45, 7) is 1.30. The van der Waals surface area contributed by atoms with E-state index in [1.807, 2.05) is 24.1 Å². The summed E-state index contributed by atoms with van der Waals surface area (Å²) < 4.78 is 42.7. The van der Waals surface area contributed by atoms with Gasteiger partial charge in [0.2, 0.25) is 5.91 Å². The quantitative estimate of drug-likeness (QED) is 0.403. The van der Waals surface area contributed by atoms with Gasteiger partial charge in [-0.25, -0.2) is 4.79 Å². The fraction of sp³-hybridized carbons (Fsp3) is 0.440. The Morgan fingerprint density at radius 3 is 2.21 bits per heavy atom. The normalized spacial score (nSPS) is 14.7. The van der Waals surface area contributed by atoms with Crippen molar-refractivity contribution in [2.75, 3.05) is 20.7 Å². The van der Waals surface area contributed by atoms with Crippen molar-refractivity contribution in [1.82, 2.24) is 10.2 Å². The van der Waals surface area contributed by atoms with Gasteiger partial charge in [0.05, 0.1) is 23.8 Å². The molecule has 0 bridgehead atoms. The molecule has 0 radical (unpaired) electrons. The van der Waals surface area contributed by atoms with Crippen molar-refractivity contribution in [3.63, 3.8) is 0 Å². The Kier molecular flexibility index (Phi) is 7.79. The number of esters is 1. The number of benzene rings is 2. The number of rotatable bonds is 10. The minimum absolute atomic E-state index is 0.00469. The van der Waals surface area contributed by atoms with Gasteiger partial charge in [-0.15, -0.1) is 0 Å². The minimum Gasteiger partial charge on any atom is -0.465 e. The van der Waals surface area contributed by atoms with Crippen LogP contribution in [0.3, 0.4) is 0 Å². The van der Waals surface area contributed by atoms with Crippen LogP contribution in [0.15, 0.2) is 48.5 Å². The van der Waals surface area contributed by atoms with Gasteiger partial charge in [-0.3, -0.25) is 4.79 Å². The van der Waals surface area contributed by atoms with Crippen molar-refractivity contribution >= 4 is 11.9 Å². The summed E-state index contributed by atoms with van der Waals surface area (Å²) in [5.41, 5.74) is 1.29. The van der Waals surface area contributed by atoms with Gasteiger partial charge in [0.1, 0.15) is 0 Å². The van der Waals surface area contributed by atoms with Gasteiger partial charge in [-0.2, -0.15) is 13.2 Å². The van der Waals surface area contributed by atoms with Crippen molar-refractivity contribution in [2.24, 2.45) is 0 Å². The number of nitrogens with one attached hydrogen (secondary N) is 1. The number of halogens is 3. The molecule has 0 aliphatic heterocycles. The maximum Gasteiger partial charge on any atom is 0.416 e. The minimum atomic E-state index is -4.32. The Balaban J connectivity index is 1.38. The average molecular weight is 463 g/mol. The van der Waals surface area contributed by atoms with E-state index in [1.54, 1.807) is 12.1 Å². The van der Waals surface area contributed by atoms with Gasteiger partial charge in [0.15, 0.2) is 0 Å². The van der Waals surface area contributed by atoms with Gasteiger partial charge in [0.25, 0.3) is 0 Å². The lowest BCUT2D eigenvalue weighted by Crippen LogP contribution is -2.34. The van der Waals surface area contributed by atoms with E-state index < -0.39 is 17.7 Å². The second-order valence-electron chi connectivity index (χ2n) is 8.59. The number of amides is 1. The van der Waals surface area contributed by atoms with Crippen LogP contribution in [-0.4, -0.2) is 37.5 Å². The summed E-state index contributed by atoms with van der Waals surface area (Å²) in [4.78, 5) is 26.1. The Morgan fingerprint density at radius 2 is 1.67 bits per heavy atom. The number of hydrogen-bond acceptors (Lipinski definition) is 4. The first-order valence-corrected chi connectivity index (χ1v) is 11.0. The highest BCUT2D eigenvalue weighted by Gasteiger charge is 2.45. The number of methoxy groups -OCH3 is 1. The number of alkyl halides is 3.